The van der Waals surface area contributed by atoms with Crippen molar-refractivity contribution in [1.29, 1.82) is 0 Å². The Hall–Kier alpha value is -4.19. The Morgan fingerprint density at radius 1 is 0.818 bits per heavy atom. The minimum atomic E-state index is -0.324. The summed E-state index contributed by atoms with van der Waals surface area (Å²) >= 11 is 0. The SMILES string of the molecule is CN(C)c1ccc(NC(=O)c2ccc3ccccc3c2)cc1C(=O)NCc1ccc(F)cc1. The van der Waals surface area contributed by atoms with Gasteiger partial charge in [-0.3, -0.25) is 9.59 Å². The molecule has 0 atom stereocenters. The zero-order valence-corrected chi connectivity index (χ0v) is 18.4. The molecule has 4 aromatic rings. The first-order chi connectivity index (χ1) is 15.9. The van der Waals surface area contributed by atoms with Crippen molar-refractivity contribution in [2.75, 3.05) is 24.3 Å². The number of hydrogen-bond donors (Lipinski definition) is 2. The third-order valence-corrected chi connectivity index (χ3v) is 5.36. The first kappa shape index (κ1) is 22.0. The summed E-state index contributed by atoms with van der Waals surface area (Å²) in [5.74, 6) is -0.865. The molecule has 6 heteroatoms. The van der Waals surface area contributed by atoms with Crippen LogP contribution in [0.5, 0.6) is 0 Å². The van der Waals surface area contributed by atoms with Gasteiger partial charge in [-0.15, -0.1) is 0 Å². The van der Waals surface area contributed by atoms with E-state index in [1.165, 1.54) is 12.1 Å². The average molecular weight is 442 g/mol. The molecule has 0 radical (unpaired) electrons. The topological polar surface area (TPSA) is 61.4 Å². The summed E-state index contributed by atoms with van der Waals surface area (Å²) in [7, 11) is 3.69. The number of fused-ring (bicyclic) bond motifs is 1. The highest BCUT2D eigenvalue weighted by Gasteiger charge is 2.15. The van der Waals surface area contributed by atoms with Crippen LogP contribution in [0.15, 0.2) is 84.9 Å². The van der Waals surface area contributed by atoms with E-state index in [4.69, 9.17) is 0 Å². The van der Waals surface area contributed by atoms with Gasteiger partial charge < -0.3 is 15.5 Å². The number of nitrogens with one attached hydrogen (secondary N) is 2. The lowest BCUT2D eigenvalue weighted by Gasteiger charge is -2.18. The lowest BCUT2D eigenvalue weighted by atomic mass is 10.1. The van der Waals surface area contributed by atoms with E-state index in [9.17, 15) is 14.0 Å². The molecule has 0 saturated heterocycles. The fourth-order valence-electron chi connectivity index (χ4n) is 3.60. The predicted molar refractivity (Wildman–Crippen MR) is 130 cm³/mol. The summed E-state index contributed by atoms with van der Waals surface area (Å²) in [6.07, 6.45) is 0. The van der Waals surface area contributed by atoms with Crippen LogP contribution in [0.4, 0.5) is 15.8 Å². The van der Waals surface area contributed by atoms with E-state index in [-0.39, 0.29) is 24.2 Å². The fourth-order valence-corrected chi connectivity index (χ4v) is 3.60. The van der Waals surface area contributed by atoms with Crippen LogP contribution in [-0.4, -0.2) is 25.9 Å². The van der Waals surface area contributed by atoms with Crippen molar-refractivity contribution in [3.63, 3.8) is 0 Å². The van der Waals surface area contributed by atoms with Crippen molar-refractivity contribution in [3.05, 3.63) is 107 Å². The van der Waals surface area contributed by atoms with Crippen LogP contribution in [0.1, 0.15) is 26.3 Å². The van der Waals surface area contributed by atoms with Crippen LogP contribution in [0.3, 0.4) is 0 Å². The molecular formula is C27H24FN3O2. The van der Waals surface area contributed by atoms with E-state index in [1.807, 2.05) is 55.4 Å². The van der Waals surface area contributed by atoms with Gasteiger partial charge in [-0.1, -0.05) is 42.5 Å². The van der Waals surface area contributed by atoms with Gasteiger partial charge in [-0.25, -0.2) is 4.39 Å². The highest BCUT2D eigenvalue weighted by molar-refractivity contribution is 6.08. The Kier molecular flexibility index (Phi) is 6.36. The molecule has 0 aliphatic rings. The maximum atomic E-state index is 13.1. The summed E-state index contributed by atoms with van der Waals surface area (Å²) in [6, 6.07) is 24.6. The van der Waals surface area contributed by atoms with Crippen molar-refractivity contribution in [3.8, 4) is 0 Å². The lowest BCUT2D eigenvalue weighted by Crippen LogP contribution is -2.25. The minimum Gasteiger partial charge on any atom is -0.377 e. The number of carbonyl (C=O) groups is 2. The molecule has 0 heterocycles. The first-order valence-corrected chi connectivity index (χ1v) is 10.5. The van der Waals surface area contributed by atoms with Crippen LogP contribution in [0.25, 0.3) is 10.8 Å². The standard InChI is InChI=1S/C27H24FN3O2/c1-31(2)25-14-13-23(16-24(25)27(33)29-17-18-7-11-22(28)12-8-18)30-26(32)21-10-9-19-5-3-4-6-20(19)15-21/h3-16H,17H2,1-2H3,(H,29,33)(H,30,32). The molecular weight excluding hydrogens is 417 g/mol. The molecule has 0 aromatic heterocycles. The van der Waals surface area contributed by atoms with Crippen molar-refractivity contribution < 1.29 is 14.0 Å². The van der Waals surface area contributed by atoms with Crippen LogP contribution in [0.2, 0.25) is 0 Å². The van der Waals surface area contributed by atoms with Gasteiger partial charge in [0.25, 0.3) is 11.8 Å². The van der Waals surface area contributed by atoms with E-state index in [2.05, 4.69) is 10.6 Å². The van der Waals surface area contributed by atoms with Crippen molar-refractivity contribution in [2.45, 2.75) is 6.54 Å². The Morgan fingerprint density at radius 2 is 1.55 bits per heavy atom. The zero-order valence-electron chi connectivity index (χ0n) is 18.4. The first-order valence-electron chi connectivity index (χ1n) is 10.5. The van der Waals surface area contributed by atoms with Gasteiger partial charge in [-0.2, -0.15) is 0 Å². The number of rotatable bonds is 6. The van der Waals surface area contributed by atoms with Gasteiger partial charge in [0, 0.05) is 37.6 Å². The van der Waals surface area contributed by atoms with Gasteiger partial charge in [0.15, 0.2) is 0 Å². The molecule has 5 nitrogen and oxygen atoms in total. The Morgan fingerprint density at radius 3 is 2.27 bits per heavy atom. The van der Waals surface area contributed by atoms with Gasteiger partial charge in [-0.05, 0) is 58.8 Å². The lowest BCUT2D eigenvalue weighted by molar-refractivity contribution is 0.0950. The van der Waals surface area contributed by atoms with Crippen molar-refractivity contribution in [1.82, 2.24) is 5.32 Å². The number of amides is 2. The van der Waals surface area contributed by atoms with E-state index >= 15 is 0 Å². The van der Waals surface area contributed by atoms with Crippen LogP contribution < -0.4 is 15.5 Å². The molecule has 2 N–H and O–H groups in total. The quantitative estimate of drug-likeness (QED) is 0.431. The van der Waals surface area contributed by atoms with Crippen molar-refractivity contribution >= 4 is 34.0 Å². The molecule has 0 saturated carbocycles. The number of carbonyl (C=O) groups excluding carboxylic acids is 2. The molecule has 0 spiro atoms. The highest BCUT2D eigenvalue weighted by Crippen LogP contribution is 2.24. The number of halogens is 1. The second kappa shape index (κ2) is 9.53. The third-order valence-electron chi connectivity index (χ3n) is 5.36. The fraction of sp³-hybridized carbons (Fsp3) is 0.111. The maximum absolute atomic E-state index is 13.1. The minimum absolute atomic E-state index is 0.254. The molecule has 33 heavy (non-hydrogen) atoms. The van der Waals surface area contributed by atoms with E-state index in [1.54, 1.807) is 36.4 Å². The molecule has 0 unspecified atom stereocenters. The summed E-state index contributed by atoms with van der Waals surface area (Å²) in [5.41, 5.74) is 2.99. The summed E-state index contributed by atoms with van der Waals surface area (Å²) in [4.78, 5) is 27.6. The average Bonchev–Trinajstić information content (AvgIpc) is 2.83. The van der Waals surface area contributed by atoms with Crippen molar-refractivity contribution in [2.24, 2.45) is 0 Å². The highest BCUT2D eigenvalue weighted by atomic mass is 19.1. The molecule has 166 valence electrons. The number of benzene rings is 4. The van der Waals surface area contributed by atoms with E-state index in [0.29, 0.717) is 16.8 Å². The predicted octanol–water partition coefficient (Wildman–Crippen LogP) is 5.23. The normalized spacial score (nSPS) is 10.6. The maximum Gasteiger partial charge on any atom is 0.255 e. The third kappa shape index (κ3) is 5.18. The molecule has 0 aliphatic heterocycles. The van der Waals surface area contributed by atoms with Crippen LogP contribution >= 0.6 is 0 Å². The Labute approximate surface area is 191 Å². The second-order valence-corrected chi connectivity index (χ2v) is 7.95. The molecule has 0 bridgehead atoms. The zero-order chi connectivity index (χ0) is 23.4. The molecule has 2 amide bonds. The molecule has 4 aromatic carbocycles. The van der Waals surface area contributed by atoms with Gasteiger partial charge in [0.05, 0.1) is 5.56 Å². The van der Waals surface area contributed by atoms with Crippen LogP contribution in [-0.2, 0) is 6.54 Å². The summed E-state index contributed by atoms with van der Waals surface area (Å²) < 4.78 is 13.1. The Balaban J connectivity index is 1.53. The van der Waals surface area contributed by atoms with E-state index < -0.39 is 0 Å². The molecule has 0 fully saturated rings. The Bertz CT molecular complexity index is 1320. The number of nitrogens with zero attached hydrogens (tertiary/aromatic N) is 1. The second-order valence-electron chi connectivity index (χ2n) is 7.95. The van der Waals surface area contributed by atoms with Crippen LogP contribution in [0, 0.1) is 5.82 Å². The monoisotopic (exact) mass is 441 g/mol. The number of anilines is 2. The largest absolute Gasteiger partial charge is 0.377 e. The van der Waals surface area contributed by atoms with Gasteiger partial charge in [0.2, 0.25) is 0 Å². The van der Waals surface area contributed by atoms with Gasteiger partial charge >= 0.3 is 0 Å². The summed E-state index contributed by atoms with van der Waals surface area (Å²) in [6.45, 7) is 0.264. The number of hydrogen-bond acceptors (Lipinski definition) is 3. The summed E-state index contributed by atoms with van der Waals surface area (Å²) in [5, 5.41) is 7.79. The van der Waals surface area contributed by atoms with Gasteiger partial charge in [0.1, 0.15) is 5.82 Å². The molecule has 4 rings (SSSR count). The smallest absolute Gasteiger partial charge is 0.255 e. The van der Waals surface area contributed by atoms with E-state index in [0.717, 1.165) is 22.0 Å². The molecule has 0 aliphatic carbocycles.